The number of sulfonamides is 1. The molecule has 2 bridgehead atoms. The maximum atomic E-state index is 12.1. The third kappa shape index (κ3) is 1.23. The Morgan fingerprint density at radius 3 is 2.33 bits per heavy atom. The summed E-state index contributed by atoms with van der Waals surface area (Å²) in [7, 11) is -1.54. The van der Waals surface area contributed by atoms with Gasteiger partial charge in [-0.05, 0) is 51.7 Å². The quantitative estimate of drug-likeness (QED) is 0.735. The van der Waals surface area contributed by atoms with Gasteiger partial charge in [0, 0.05) is 5.54 Å². The van der Waals surface area contributed by atoms with Crippen molar-refractivity contribution < 1.29 is 8.42 Å². The molecule has 1 aliphatic carbocycles. The highest BCUT2D eigenvalue weighted by Gasteiger charge is 2.64. The summed E-state index contributed by atoms with van der Waals surface area (Å²) in [5, 5.41) is -0.141. The molecule has 1 unspecified atom stereocenters. The molecule has 4 fully saturated rings. The Morgan fingerprint density at radius 2 is 1.87 bits per heavy atom. The Kier molecular flexibility index (Phi) is 1.98. The van der Waals surface area contributed by atoms with Gasteiger partial charge in [-0.2, -0.15) is 0 Å². The lowest BCUT2D eigenvalue weighted by molar-refractivity contribution is 0.0377. The molecule has 4 aliphatic rings. The summed E-state index contributed by atoms with van der Waals surface area (Å²) in [5.41, 5.74) is 0.0308. The zero-order chi connectivity index (χ0) is 10.7. The van der Waals surface area contributed by atoms with E-state index in [2.05, 4.69) is 9.62 Å². The van der Waals surface area contributed by atoms with Crippen LogP contribution in [0.2, 0.25) is 0 Å². The summed E-state index contributed by atoms with van der Waals surface area (Å²) in [6, 6.07) is 0. The van der Waals surface area contributed by atoms with Crippen LogP contribution in [-0.2, 0) is 10.0 Å². The Hall–Kier alpha value is -0.130. The maximum Gasteiger partial charge on any atom is 0.216 e. The third-order valence-corrected chi connectivity index (χ3v) is 6.57. The minimum Gasteiger partial charge on any atom is -0.296 e. The van der Waals surface area contributed by atoms with Gasteiger partial charge in [-0.3, -0.25) is 4.90 Å². The van der Waals surface area contributed by atoms with Crippen LogP contribution in [0, 0.1) is 5.92 Å². The number of hydrogen-bond donors (Lipinski definition) is 1. The molecule has 15 heavy (non-hydrogen) atoms. The number of nitrogens with zero attached hydrogens (tertiary/aromatic N) is 1. The van der Waals surface area contributed by atoms with Crippen LogP contribution in [0.4, 0.5) is 0 Å². The molecule has 86 valence electrons. The SMILES string of the molecule is CNS(=O)(=O)C1C2CCN(CC2)C12CC2. The van der Waals surface area contributed by atoms with Gasteiger partial charge < -0.3 is 0 Å². The Balaban J connectivity index is 2.01. The highest BCUT2D eigenvalue weighted by atomic mass is 32.2. The van der Waals surface area contributed by atoms with Crippen molar-refractivity contribution in [3.8, 4) is 0 Å². The van der Waals surface area contributed by atoms with Crippen molar-refractivity contribution in [1.82, 2.24) is 9.62 Å². The van der Waals surface area contributed by atoms with Crippen LogP contribution >= 0.6 is 0 Å². The molecule has 0 aromatic heterocycles. The number of nitrogens with one attached hydrogen (secondary N) is 1. The normalized spacial score (nSPS) is 42.1. The molecule has 5 heteroatoms. The minimum atomic E-state index is -3.09. The van der Waals surface area contributed by atoms with E-state index < -0.39 is 10.0 Å². The first-order valence-electron chi connectivity index (χ1n) is 5.77. The van der Waals surface area contributed by atoms with E-state index in [0.29, 0.717) is 5.92 Å². The van der Waals surface area contributed by atoms with E-state index in [1.54, 1.807) is 7.05 Å². The lowest BCUT2D eigenvalue weighted by Crippen LogP contribution is -2.63. The summed E-state index contributed by atoms with van der Waals surface area (Å²) in [5.74, 6) is 0.398. The summed E-state index contributed by atoms with van der Waals surface area (Å²) < 4.78 is 26.7. The molecule has 1 N–H and O–H groups in total. The van der Waals surface area contributed by atoms with Gasteiger partial charge in [0.05, 0.1) is 5.25 Å². The van der Waals surface area contributed by atoms with Gasteiger partial charge in [0.15, 0.2) is 0 Å². The van der Waals surface area contributed by atoms with Crippen molar-refractivity contribution in [2.24, 2.45) is 5.92 Å². The van der Waals surface area contributed by atoms with Crippen LogP contribution < -0.4 is 4.72 Å². The van der Waals surface area contributed by atoms with Crippen LogP contribution in [0.3, 0.4) is 0 Å². The molecule has 0 radical (unpaired) electrons. The van der Waals surface area contributed by atoms with E-state index in [9.17, 15) is 8.42 Å². The predicted octanol–water partition coefficient (Wildman–Crippen LogP) is 0.162. The number of hydrogen-bond acceptors (Lipinski definition) is 3. The number of rotatable bonds is 2. The van der Waals surface area contributed by atoms with Crippen LogP contribution in [0.25, 0.3) is 0 Å². The molecule has 1 spiro atoms. The summed E-state index contributed by atoms with van der Waals surface area (Å²) >= 11 is 0. The Bertz CT molecular complexity index is 367. The molecule has 1 atom stereocenters. The monoisotopic (exact) mass is 230 g/mol. The molecule has 3 heterocycles. The zero-order valence-corrected chi connectivity index (χ0v) is 9.89. The van der Waals surface area contributed by atoms with Gasteiger partial charge in [-0.25, -0.2) is 13.1 Å². The summed E-state index contributed by atoms with van der Waals surface area (Å²) in [6.45, 7) is 2.22. The first kappa shape index (κ1) is 10.1. The summed E-state index contributed by atoms with van der Waals surface area (Å²) in [6.07, 6.45) is 4.28. The van der Waals surface area contributed by atoms with E-state index in [4.69, 9.17) is 0 Å². The molecule has 3 aliphatic heterocycles. The largest absolute Gasteiger partial charge is 0.296 e. The van der Waals surface area contributed by atoms with Crippen LogP contribution in [0.1, 0.15) is 25.7 Å². The second-order valence-corrected chi connectivity index (χ2v) is 7.10. The molecular formula is C10H18N2O2S. The number of fused-ring (bicyclic) bond motifs is 2. The Labute approximate surface area is 91.1 Å². The molecular weight excluding hydrogens is 212 g/mol. The molecule has 0 aromatic rings. The standard InChI is InChI=1S/C10H18N2O2S/c1-11-15(13,14)9-8-2-6-12(7-3-8)10(9)4-5-10/h8-9,11H,2-7H2,1H3. The molecule has 0 amide bonds. The highest BCUT2D eigenvalue weighted by molar-refractivity contribution is 7.90. The second kappa shape index (κ2) is 2.96. The van der Waals surface area contributed by atoms with Gasteiger partial charge in [0.25, 0.3) is 0 Å². The van der Waals surface area contributed by atoms with Crippen LogP contribution in [-0.4, -0.2) is 44.2 Å². The van der Waals surface area contributed by atoms with E-state index in [-0.39, 0.29) is 10.8 Å². The predicted molar refractivity (Wildman–Crippen MR) is 58.0 cm³/mol. The van der Waals surface area contributed by atoms with Gasteiger partial charge in [0.1, 0.15) is 0 Å². The van der Waals surface area contributed by atoms with Gasteiger partial charge >= 0.3 is 0 Å². The second-order valence-electron chi connectivity index (χ2n) is 5.10. The van der Waals surface area contributed by atoms with Gasteiger partial charge in [-0.1, -0.05) is 0 Å². The molecule has 4 nitrogen and oxygen atoms in total. The summed E-state index contributed by atoms with van der Waals surface area (Å²) in [4.78, 5) is 2.42. The fourth-order valence-corrected chi connectivity index (χ4v) is 5.66. The molecule has 0 aromatic carbocycles. The van der Waals surface area contributed by atoms with Crippen LogP contribution in [0.5, 0.6) is 0 Å². The number of piperidine rings is 3. The van der Waals surface area contributed by atoms with Gasteiger partial charge in [0.2, 0.25) is 10.0 Å². The van der Waals surface area contributed by atoms with Crippen molar-refractivity contribution in [2.75, 3.05) is 20.1 Å². The van der Waals surface area contributed by atoms with E-state index >= 15 is 0 Å². The Morgan fingerprint density at radius 1 is 1.27 bits per heavy atom. The minimum absolute atomic E-state index is 0.0308. The molecule has 1 saturated carbocycles. The lowest BCUT2D eigenvalue weighted by Gasteiger charge is -2.51. The maximum absolute atomic E-state index is 12.1. The fourth-order valence-electron chi connectivity index (χ4n) is 3.66. The smallest absolute Gasteiger partial charge is 0.216 e. The average molecular weight is 230 g/mol. The molecule has 3 saturated heterocycles. The third-order valence-electron chi connectivity index (χ3n) is 4.51. The van der Waals surface area contributed by atoms with E-state index in [0.717, 1.165) is 38.8 Å². The van der Waals surface area contributed by atoms with Crippen molar-refractivity contribution in [3.05, 3.63) is 0 Å². The van der Waals surface area contributed by atoms with E-state index in [1.807, 2.05) is 0 Å². The zero-order valence-electron chi connectivity index (χ0n) is 9.07. The topological polar surface area (TPSA) is 49.4 Å². The molecule has 4 rings (SSSR count). The van der Waals surface area contributed by atoms with Gasteiger partial charge in [-0.15, -0.1) is 0 Å². The van der Waals surface area contributed by atoms with Crippen molar-refractivity contribution in [1.29, 1.82) is 0 Å². The first-order valence-corrected chi connectivity index (χ1v) is 7.32. The van der Waals surface area contributed by atoms with Crippen molar-refractivity contribution >= 4 is 10.0 Å². The average Bonchev–Trinajstić information content (AvgIpc) is 3.00. The highest BCUT2D eigenvalue weighted by Crippen LogP contribution is 2.55. The van der Waals surface area contributed by atoms with E-state index in [1.165, 1.54) is 0 Å². The lowest BCUT2D eigenvalue weighted by atomic mass is 9.81. The fraction of sp³-hybridized carbons (Fsp3) is 1.00. The van der Waals surface area contributed by atoms with Crippen molar-refractivity contribution in [2.45, 2.75) is 36.5 Å². The van der Waals surface area contributed by atoms with Crippen LogP contribution in [0.15, 0.2) is 0 Å². The first-order chi connectivity index (χ1) is 7.10. The van der Waals surface area contributed by atoms with Crippen molar-refractivity contribution in [3.63, 3.8) is 0 Å².